The Kier molecular flexibility index (Phi) is 4.58. The molecule has 0 saturated carbocycles. The number of hydrogen-bond acceptors (Lipinski definition) is 3. The average Bonchev–Trinajstić information content (AvgIpc) is 2.25. The quantitative estimate of drug-likeness (QED) is 0.454. The highest BCUT2D eigenvalue weighted by Crippen LogP contribution is 2.23. The van der Waals surface area contributed by atoms with Gasteiger partial charge in [-0.05, 0) is 36.1 Å². The molecule has 3 nitrogen and oxygen atoms in total. The molecule has 0 saturated heterocycles. The van der Waals surface area contributed by atoms with E-state index in [0.717, 1.165) is 16.7 Å². The number of carbonyl (C=O) groups is 1. The predicted molar refractivity (Wildman–Crippen MR) is 62.5 cm³/mol. The molecule has 0 heterocycles. The molecule has 0 aliphatic carbocycles. The van der Waals surface area contributed by atoms with Crippen LogP contribution in [0.1, 0.15) is 16.7 Å². The van der Waals surface area contributed by atoms with Crippen LogP contribution < -0.4 is 0 Å². The standard InChI is InChI=1S/C13H16O3/c1-3-4-12-7-10(2)11(8-13(12)15)5-6-16-9-14/h3,7-9,15H,1,4-6H2,2H3. The fraction of sp³-hybridized carbons (Fsp3) is 0.308. The van der Waals surface area contributed by atoms with E-state index in [-0.39, 0.29) is 5.75 Å². The number of allylic oxidation sites excluding steroid dienone is 1. The van der Waals surface area contributed by atoms with Crippen molar-refractivity contribution in [1.29, 1.82) is 0 Å². The Morgan fingerprint density at radius 1 is 1.44 bits per heavy atom. The maximum Gasteiger partial charge on any atom is 0.293 e. The molecule has 0 unspecified atom stereocenters. The number of benzene rings is 1. The van der Waals surface area contributed by atoms with Crippen LogP contribution in [-0.2, 0) is 22.4 Å². The van der Waals surface area contributed by atoms with E-state index in [1.807, 2.05) is 13.0 Å². The second-order valence-electron chi connectivity index (χ2n) is 3.62. The van der Waals surface area contributed by atoms with Gasteiger partial charge in [-0.3, -0.25) is 4.79 Å². The molecule has 0 aliphatic rings. The molecule has 1 aromatic carbocycles. The van der Waals surface area contributed by atoms with Crippen molar-refractivity contribution in [2.75, 3.05) is 6.61 Å². The molecule has 1 N–H and O–H groups in total. The molecule has 0 radical (unpaired) electrons. The normalized spacial score (nSPS) is 9.81. The number of carbonyl (C=O) groups excluding carboxylic acids is 1. The summed E-state index contributed by atoms with van der Waals surface area (Å²) >= 11 is 0. The van der Waals surface area contributed by atoms with Crippen molar-refractivity contribution in [3.63, 3.8) is 0 Å². The Bertz CT molecular complexity index is 383. The minimum absolute atomic E-state index is 0.270. The van der Waals surface area contributed by atoms with Crippen molar-refractivity contribution >= 4 is 6.47 Å². The second-order valence-corrected chi connectivity index (χ2v) is 3.62. The molecule has 86 valence electrons. The van der Waals surface area contributed by atoms with Gasteiger partial charge in [0.15, 0.2) is 0 Å². The van der Waals surface area contributed by atoms with Gasteiger partial charge in [0.05, 0.1) is 6.61 Å². The van der Waals surface area contributed by atoms with Crippen LogP contribution in [0.3, 0.4) is 0 Å². The molecule has 0 bridgehead atoms. The van der Waals surface area contributed by atoms with Crippen molar-refractivity contribution in [3.05, 3.63) is 41.5 Å². The molecule has 3 heteroatoms. The molecule has 1 aromatic rings. The van der Waals surface area contributed by atoms with E-state index in [4.69, 9.17) is 0 Å². The third-order valence-electron chi connectivity index (χ3n) is 2.46. The fourth-order valence-electron chi connectivity index (χ4n) is 1.60. The van der Waals surface area contributed by atoms with E-state index < -0.39 is 0 Å². The second kappa shape index (κ2) is 5.95. The monoisotopic (exact) mass is 220 g/mol. The minimum Gasteiger partial charge on any atom is -0.508 e. The molecule has 0 amide bonds. The minimum atomic E-state index is 0.270. The maximum absolute atomic E-state index is 10.0. The van der Waals surface area contributed by atoms with Crippen LogP contribution in [0.2, 0.25) is 0 Å². The highest BCUT2D eigenvalue weighted by molar-refractivity contribution is 5.42. The van der Waals surface area contributed by atoms with Crippen molar-refractivity contribution in [2.45, 2.75) is 19.8 Å². The Balaban J connectivity index is 2.82. The van der Waals surface area contributed by atoms with Gasteiger partial charge in [0.2, 0.25) is 0 Å². The smallest absolute Gasteiger partial charge is 0.293 e. The summed E-state index contributed by atoms with van der Waals surface area (Å²) in [6, 6.07) is 3.66. The summed E-state index contributed by atoms with van der Waals surface area (Å²) in [5.74, 6) is 0.270. The molecule has 0 aliphatic heterocycles. The lowest BCUT2D eigenvalue weighted by atomic mass is 10.0. The van der Waals surface area contributed by atoms with Gasteiger partial charge >= 0.3 is 0 Å². The van der Waals surface area contributed by atoms with Crippen LogP contribution in [0.5, 0.6) is 5.75 Å². The van der Waals surface area contributed by atoms with Crippen molar-refractivity contribution in [1.82, 2.24) is 0 Å². The third kappa shape index (κ3) is 3.12. The zero-order chi connectivity index (χ0) is 12.0. The zero-order valence-corrected chi connectivity index (χ0v) is 9.40. The first-order valence-corrected chi connectivity index (χ1v) is 5.16. The average molecular weight is 220 g/mol. The Morgan fingerprint density at radius 3 is 2.81 bits per heavy atom. The Labute approximate surface area is 95.4 Å². The molecular weight excluding hydrogens is 204 g/mol. The number of hydrogen-bond donors (Lipinski definition) is 1. The molecular formula is C13H16O3. The number of phenolic OH excluding ortho intramolecular Hbond substituents is 1. The third-order valence-corrected chi connectivity index (χ3v) is 2.46. The zero-order valence-electron chi connectivity index (χ0n) is 9.40. The summed E-state index contributed by atoms with van der Waals surface area (Å²) in [6.07, 6.45) is 3.02. The maximum atomic E-state index is 10.0. The van der Waals surface area contributed by atoms with Gasteiger partial charge in [-0.1, -0.05) is 12.1 Å². The van der Waals surface area contributed by atoms with Crippen LogP contribution >= 0.6 is 0 Å². The first-order valence-electron chi connectivity index (χ1n) is 5.16. The molecule has 1 rings (SSSR count). The first-order chi connectivity index (χ1) is 7.69. The lowest BCUT2D eigenvalue weighted by molar-refractivity contribution is -0.128. The van der Waals surface area contributed by atoms with Crippen LogP contribution in [0, 0.1) is 6.92 Å². The van der Waals surface area contributed by atoms with Gasteiger partial charge in [-0.15, -0.1) is 6.58 Å². The van der Waals surface area contributed by atoms with Gasteiger partial charge in [0, 0.05) is 6.42 Å². The van der Waals surface area contributed by atoms with Gasteiger partial charge < -0.3 is 9.84 Å². The van der Waals surface area contributed by atoms with Crippen molar-refractivity contribution in [2.24, 2.45) is 0 Å². The van der Waals surface area contributed by atoms with Gasteiger partial charge in [-0.25, -0.2) is 0 Å². The molecule has 0 fully saturated rings. The summed E-state index contributed by atoms with van der Waals surface area (Å²) in [5.41, 5.74) is 2.95. The Morgan fingerprint density at radius 2 is 2.19 bits per heavy atom. The van der Waals surface area contributed by atoms with Gasteiger partial charge in [0.25, 0.3) is 6.47 Å². The number of aromatic hydroxyl groups is 1. The topological polar surface area (TPSA) is 46.5 Å². The SMILES string of the molecule is C=CCc1cc(C)c(CCOC=O)cc1O. The van der Waals surface area contributed by atoms with Crippen molar-refractivity contribution in [3.8, 4) is 5.75 Å². The van der Waals surface area contributed by atoms with Gasteiger partial charge in [0.1, 0.15) is 5.75 Å². The lowest BCUT2D eigenvalue weighted by Crippen LogP contribution is -1.99. The summed E-state index contributed by atoms with van der Waals surface area (Å²) < 4.78 is 4.63. The first kappa shape index (κ1) is 12.3. The summed E-state index contributed by atoms with van der Waals surface area (Å²) in [4.78, 5) is 10.0. The van der Waals surface area contributed by atoms with E-state index in [0.29, 0.717) is 25.9 Å². The number of aryl methyl sites for hydroxylation is 1. The van der Waals surface area contributed by atoms with Crippen LogP contribution in [0.4, 0.5) is 0 Å². The molecule has 16 heavy (non-hydrogen) atoms. The fourth-order valence-corrected chi connectivity index (χ4v) is 1.60. The van der Waals surface area contributed by atoms with Gasteiger partial charge in [-0.2, -0.15) is 0 Å². The summed E-state index contributed by atoms with van der Waals surface area (Å²) in [6.45, 7) is 6.38. The summed E-state index contributed by atoms with van der Waals surface area (Å²) in [5, 5.41) is 9.75. The number of phenols is 1. The van der Waals surface area contributed by atoms with E-state index in [1.54, 1.807) is 12.1 Å². The van der Waals surface area contributed by atoms with E-state index in [2.05, 4.69) is 11.3 Å². The Hall–Kier alpha value is -1.77. The highest BCUT2D eigenvalue weighted by atomic mass is 16.5. The molecule has 0 spiro atoms. The molecule has 0 atom stereocenters. The largest absolute Gasteiger partial charge is 0.508 e. The summed E-state index contributed by atoms with van der Waals surface area (Å²) in [7, 11) is 0. The van der Waals surface area contributed by atoms with E-state index in [9.17, 15) is 9.90 Å². The van der Waals surface area contributed by atoms with Crippen LogP contribution in [0.25, 0.3) is 0 Å². The highest BCUT2D eigenvalue weighted by Gasteiger charge is 2.05. The van der Waals surface area contributed by atoms with Crippen LogP contribution in [0.15, 0.2) is 24.8 Å². The van der Waals surface area contributed by atoms with E-state index in [1.165, 1.54) is 0 Å². The van der Waals surface area contributed by atoms with E-state index >= 15 is 0 Å². The van der Waals surface area contributed by atoms with Crippen LogP contribution in [-0.4, -0.2) is 18.2 Å². The lowest BCUT2D eigenvalue weighted by Gasteiger charge is -2.09. The molecule has 0 aromatic heterocycles. The van der Waals surface area contributed by atoms with Crippen molar-refractivity contribution < 1.29 is 14.6 Å². The number of rotatable bonds is 6. The predicted octanol–water partition coefficient (Wildman–Crippen LogP) is 2.14. The number of ether oxygens (including phenoxy) is 1.